The van der Waals surface area contributed by atoms with E-state index in [1.54, 1.807) is 7.11 Å². The van der Waals surface area contributed by atoms with Gasteiger partial charge in [-0.2, -0.15) is 13.2 Å². The lowest BCUT2D eigenvalue weighted by Crippen LogP contribution is -2.32. The molecule has 2 nitrogen and oxygen atoms in total. The van der Waals surface area contributed by atoms with E-state index in [4.69, 9.17) is 9.47 Å². The molecule has 0 radical (unpaired) electrons. The van der Waals surface area contributed by atoms with Crippen LogP contribution >= 0.6 is 0 Å². The fraction of sp³-hybridized carbons (Fsp3) is 1.00. The summed E-state index contributed by atoms with van der Waals surface area (Å²) in [6.45, 7) is 1.26. The van der Waals surface area contributed by atoms with E-state index < -0.39 is 12.1 Å². The summed E-state index contributed by atoms with van der Waals surface area (Å²) in [5.74, 6) is -0.497. The Morgan fingerprint density at radius 3 is 2.24 bits per heavy atom. The van der Waals surface area contributed by atoms with Crippen molar-refractivity contribution in [2.24, 2.45) is 17.8 Å². The van der Waals surface area contributed by atoms with Gasteiger partial charge in [-0.05, 0) is 50.4 Å². The molecule has 2 fully saturated rings. The summed E-state index contributed by atoms with van der Waals surface area (Å²) in [6.07, 6.45) is 2.60. The van der Waals surface area contributed by atoms with Crippen molar-refractivity contribution in [2.75, 3.05) is 20.3 Å². The van der Waals surface area contributed by atoms with E-state index in [-0.39, 0.29) is 18.4 Å². The van der Waals surface area contributed by atoms with Gasteiger partial charge in [0, 0.05) is 20.3 Å². The highest BCUT2D eigenvalue weighted by atomic mass is 19.4. The number of hydrogen-bond donors (Lipinski definition) is 0. The highest BCUT2D eigenvalue weighted by molar-refractivity contribution is 4.79. The Morgan fingerprint density at radius 2 is 1.57 bits per heavy atom. The van der Waals surface area contributed by atoms with Gasteiger partial charge in [-0.1, -0.05) is 12.8 Å². The first-order valence-corrected chi connectivity index (χ1v) is 8.16. The number of alkyl halides is 3. The lowest BCUT2D eigenvalue weighted by Gasteiger charge is -2.33. The van der Waals surface area contributed by atoms with Crippen LogP contribution in [0.15, 0.2) is 0 Å². The monoisotopic (exact) mass is 308 g/mol. The van der Waals surface area contributed by atoms with Crippen LogP contribution in [0.4, 0.5) is 13.2 Å². The van der Waals surface area contributed by atoms with Gasteiger partial charge in [0.05, 0.1) is 12.0 Å². The maximum absolute atomic E-state index is 12.8. The minimum Gasteiger partial charge on any atom is -0.384 e. The summed E-state index contributed by atoms with van der Waals surface area (Å²) in [6, 6.07) is 0. The van der Waals surface area contributed by atoms with E-state index in [0.29, 0.717) is 25.4 Å². The van der Waals surface area contributed by atoms with Crippen LogP contribution in [0, 0.1) is 17.8 Å². The van der Waals surface area contributed by atoms with Crippen LogP contribution in [0.3, 0.4) is 0 Å². The first-order valence-electron chi connectivity index (χ1n) is 8.16. The molecule has 2 saturated carbocycles. The number of halogens is 3. The summed E-state index contributed by atoms with van der Waals surface area (Å²) in [4.78, 5) is 0. The van der Waals surface area contributed by atoms with Crippen molar-refractivity contribution in [3.05, 3.63) is 0 Å². The maximum Gasteiger partial charge on any atom is 0.391 e. The molecule has 0 heterocycles. The van der Waals surface area contributed by atoms with Crippen molar-refractivity contribution in [2.45, 2.75) is 63.6 Å². The number of ether oxygens (including phenoxy) is 2. The third-order valence-electron chi connectivity index (χ3n) is 4.95. The van der Waals surface area contributed by atoms with Crippen LogP contribution in [0.1, 0.15) is 51.4 Å². The predicted octanol–water partition coefficient (Wildman–Crippen LogP) is 4.58. The van der Waals surface area contributed by atoms with Crippen LogP contribution in [0.2, 0.25) is 0 Å². The second kappa shape index (κ2) is 7.82. The summed E-state index contributed by atoms with van der Waals surface area (Å²) in [7, 11) is 1.71. The molecule has 4 atom stereocenters. The van der Waals surface area contributed by atoms with Gasteiger partial charge in [-0.3, -0.25) is 0 Å². The van der Waals surface area contributed by atoms with Gasteiger partial charge in [-0.15, -0.1) is 0 Å². The molecule has 0 aromatic rings. The van der Waals surface area contributed by atoms with Gasteiger partial charge in [0.15, 0.2) is 0 Å². The van der Waals surface area contributed by atoms with Gasteiger partial charge < -0.3 is 9.47 Å². The van der Waals surface area contributed by atoms with Crippen molar-refractivity contribution in [1.29, 1.82) is 0 Å². The largest absolute Gasteiger partial charge is 0.391 e. The summed E-state index contributed by atoms with van der Waals surface area (Å²) in [5.41, 5.74) is 0. The van der Waals surface area contributed by atoms with Crippen molar-refractivity contribution in [3.8, 4) is 0 Å². The molecule has 0 aromatic heterocycles. The molecule has 2 rings (SSSR count). The third-order valence-corrected chi connectivity index (χ3v) is 4.95. The highest BCUT2D eigenvalue weighted by Crippen LogP contribution is 2.40. The molecule has 0 bridgehead atoms. The molecule has 0 spiro atoms. The predicted molar refractivity (Wildman–Crippen MR) is 75.1 cm³/mol. The second-order valence-electron chi connectivity index (χ2n) is 6.71. The molecule has 0 N–H and O–H groups in total. The summed E-state index contributed by atoms with van der Waals surface area (Å²) in [5, 5.41) is 0. The molecule has 4 unspecified atom stereocenters. The maximum atomic E-state index is 12.8. The smallest absolute Gasteiger partial charge is 0.384 e. The third kappa shape index (κ3) is 5.44. The minimum atomic E-state index is -4.03. The van der Waals surface area contributed by atoms with Crippen molar-refractivity contribution in [3.63, 3.8) is 0 Å². The molecule has 2 aliphatic rings. The zero-order valence-electron chi connectivity index (χ0n) is 12.8. The molecule has 0 amide bonds. The zero-order chi connectivity index (χ0) is 15.3. The van der Waals surface area contributed by atoms with E-state index in [1.165, 1.54) is 6.42 Å². The summed E-state index contributed by atoms with van der Waals surface area (Å²) >= 11 is 0. The lowest BCUT2D eigenvalue weighted by atomic mass is 9.81. The molecule has 124 valence electrons. The minimum absolute atomic E-state index is 0.0770. The van der Waals surface area contributed by atoms with Crippen LogP contribution < -0.4 is 0 Å². The average molecular weight is 308 g/mol. The van der Waals surface area contributed by atoms with E-state index >= 15 is 0 Å². The molecule has 5 heteroatoms. The highest BCUT2D eigenvalue weighted by Gasteiger charge is 2.42. The standard InChI is InChI=1S/C16H27F3O2/c1-20-10-13-5-3-7-15(9-13)21-11-12-4-2-6-14(8-12)16(17,18)19/h12-15H,2-11H2,1H3. The number of methoxy groups -OCH3 is 1. The zero-order valence-corrected chi connectivity index (χ0v) is 12.8. The molecule has 2 aliphatic carbocycles. The number of rotatable bonds is 5. The average Bonchev–Trinajstić information content (AvgIpc) is 2.45. The Hall–Kier alpha value is -0.290. The van der Waals surface area contributed by atoms with Gasteiger partial charge in [-0.25, -0.2) is 0 Å². The van der Waals surface area contributed by atoms with Crippen LogP contribution in [0.5, 0.6) is 0 Å². The lowest BCUT2D eigenvalue weighted by molar-refractivity contribution is -0.188. The Morgan fingerprint density at radius 1 is 0.905 bits per heavy atom. The van der Waals surface area contributed by atoms with Crippen molar-refractivity contribution in [1.82, 2.24) is 0 Å². The first kappa shape index (κ1) is 17.1. The van der Waals surface area contributed by atoms with Crippen LogP contribution in [-0.2, 0) is 9.47 Å². The Labute approximate surface area is 125 Å². The van der Waals surface area contributed by atoms with E-state index in [1.807, 2.05) is 0 Å². The molecule has 0 saturated heterocycles. The Bertz CT molecular complexity index is 304. The normalized spacial score (nSPS) is 34.9. The summed E-state index contributed by atoms with van der Waals surface area (Å²) < 4.78 is 49.5. The fourth-order valence-electron chi connectivity index (χ4n) is 3.79. The molecular formula is C16H27F3O2. The molecule has 0 aromatic carbocycles. The van der Waals surface area contributed by atoms with Gasteiger partial charge in [0.1, 0.15) is 0 Å². The Kier molecular flexibility index (Phi) is 6.35. The van der Waals surface area contributed by atoms with Crippen LogP contribution in [-0.4, -0.2) is 32.6 Å². The first-order chi connectivity index (χ1) is 9.99. The van der Waals surface area contributed by atoms with Gasteiger partial charge in [0.25, 0.3) is 0 Å². The van der Waals surface area contributed by atoms with E-state index in [2.05, 4.69) is 0 Å². The fourth-order valence-corrected chi connectivity index (χ4v) is 3.79. The quantitative estimate of drug-likeness (QED) is 0.740. The van der Waals surface area contributed by atoms with Crippen LogP contribution in [0.25, 0.3) is 0 Å². The second-order valence-corrected chi connectivity index (χ2v) is 6.71. The number of hydrogen-bond acceptors (Lipinski definition) is 2. The molecular weight excluding hydrogens is 281 g/mol. The van der Waals surface area contributed by atoms with E-state index in [9.17, 15) is 13.2 Å². The van der Waals surface area contributed by atoms with Gasteiger partial charge >= 0.3 is 6.18 Å². The molecule has 21 heavy (non-hydrogen) atoms. The Balaban J connectivity index is 1.72. The SMILES string of the molecule is COCC1CCCC(OCC2CCCC(C(F)(F)F)C2)C1. The topological polar surface area (TPSA) is 18.5 Å². The van der Waals surface area contributed by atoms with E-state index in [0.717, 1.165) is 32.3 Å². The van der Waals surface area contributed by atoms with Crippen molar-refractivity contribution >= 4 is 0 Å². The van der Waals surface area contributed by atoms with Crippen molar-refractivity contribution < 1.29 is 22.6 Å². The molecule has 0 aliphatic heterocycles. The van der Waals surface area contributed by atoms with Gasteiger partial charge in [0.2, 0.25) is 0 Å².